The van der Waals surface area contributed by atoms with Crippen molar-refractivity contribution in [3.8, 4) is 12.1 Å². The SMILES string of the molecule is CC1CCCN(c2ccc(S(=O)(=O)C(C)C)c(NN=C(C#N)C#N)c2)C1. The number of rotatable bonds is 5. The van der Waals surface area contributed by atoms with Gasteiger partial charge in [0.15, 0.2) is 9.84 Å². The van der Waals surface area contributed by atoms with Crippen LogP contribution < -0.4 is 10.3 Å². The van der Waals surface area contributed by atoms with Gasteiger partial charge in [0.05, 0.1) is 15.8 Å². The van der Waals surface area contributed by atoms with Gasteiger partial charge >= 0.3 is 0 Å². The minimum atomic E-state index is -3.54. The van der Waals surface area contributed by atoms with Crippen LogP contribution in [0.4, 0.5) is 11.4 Å². The Morgan fingerprint density at radius 3 is 2.62 bits per heavy atom. The van der Waals surface area contributed by atoms with E-state index in [0.717, 1.165) is 25.2 Å². The summed E-state index contributed by atoms with van der Waals surface area (Å²) in [4.78, 5) is 2.32. The normalized spacial score (nSPS) is 17.3. The maximum atomic E-state index is 12.6. The number of nitrogens with zero attached hydrogens (tertiary/aromatic N) is 4. The number of hydrogen-bond donors (Lipinski definition) is 1. The molecule has 26 heavy (non-hydrogen) atoms. The summed E-state index contributed by atoms with van der Waals surface area (Å²) < 4.78 is 25.3. The highest BCUT2D eigenvalue weighted by molar-refractivity contribution is 7.92. The van der Waals surface area contributed by atoms with Gasteiger partial charge in [0, 0.05) is 18.8 Å². The van der Waals surface area contributed by atoms with Gasteiger partial charge in [-0.1, -0.05) is 6.92 Å². The fraction of sp³-hybridized carbons (Fsp3) is 0.500. The molecule has 1 saturated heterocycles. The van der Waals surface area contributed by atoms with Crippen molar-refractivity contribution in [2.75, 3.05) is 23.4 Å². The molecule has 0 bridgehead atoms. The maximum Gasteiger partial charge on any atom is 0.237 e. The van der Waals surface area contributed by atoms with E-state index in [1.165, 1.54) is 6.42 Å². The Morgan fingerprint density at radius 2 is 2.04 bits per heavy atom. The lowest BCUT2D eigenvalue weighted by atomic mass is 10.00. The average molecular weight is 373 g/mol. The number of anilines is 2. The monoisotopic (exact) mass is 373 g/mol. The molecular formula is C18H23N5O2S. The van der Waals surface area contributed by atoms with E-state index in [4.69, 9.17) is 10.5 Å². The molecule has 8 heteroatoms. The number of benzene rings is 1. The molecule has 1 aromatic rings. The molecule has 0 spiro atoms. The van der Waals surface area contributed by atoms with Crippen LogP contribution in [0.15, 0.2) is 28.2 Å². The third-order valence-corrected chi connectivity index (χ3v) is 6.62. The average Bonchev–Trinajstić information content (AvgIpc) is 2.62. The molecule has 1 fully saturated rings. The number of sulfone groups is 1. The lowest BCUT2D eigenvalue weighted by Crippen LogP contribution is -2.34. The molecule has 1 N–H and O–H groups in total. The van der Waals surface area contributed by atoms with Crippen molar-refractivity contribution in [2.24, 2.45) is 11.0 Å². The molecule has 138 valence electrons. The molecule has 2 rings (SSSR count). The molecule has 7 nitrogen and oxygen atoms in total. The van der Waals surface area contributed by atoms with Crippen molar-refractivity contribution in [1.29, 1.82) is 10.5 Å². The number of hydrogen-bond acceptors (Lipinski definition) is 7. The van der Waals surface area contributed by atoms with Crippen LogP contribution in [0.2, 0.25) is 0 Å². The predicted molar refractivity (Wildman–Crippen MR) is 102 cm³/mol. The van der Waals surface area contributed by atoms with Crippen LogP contribution in [0.1, 0.15) is 33.6 Å². The zero-order valence-electron chi connectivity index (χ0n) is 15.2. The second-order valence-electron chi connectivity index (χ2n) is 6.76. The molecule has 0 amide bonds. The first-order valence-corrected chi connectivity index (χ1v) is 10.1. The van der Waals surface area contributed by atoms with Gasteiger partial charge in [-0.15, -0.1) is 0 Å². The highest BCUT2D eigenvalue weighted by atomic mass is 32.2. The van der Waals surface area contributed by atoms with Crippen LogP contribution >= 0.6 is 0 Å². The number of hydrazone groups is 1. The van der Waals surface area contributed by atoms with Crippen LogP contribution in [-0.2, 0) is 9.84 Å². The first kappa shape index (κ1) is 19.7. The molecule has 1 unspecified atom stereocenters. The zero-order valence-corrected chi connectivity index (χ0v) is 16.0. The Balaban J connectivity index is 2.48. The van der Waals surface area contributed by atoms with Gasteiger partial charge in [0.25, 0.3) is 0 Å². The Bertz CT molecular complexity index is 862. The number of nitriles is 2. The minimum absolute atomic E-state index is 0.111. The van der Waals surface area contributed by atoms with Crippen LogP contribution in [0.5, 0.6) is 0 Å². The van der Waals surface area contributed by atoms with Crippen molar-refractivity contribution < 1.29 is 8.42 Å². The molecule has 0 radical (unpaired) electrons. The van der Waals surface area contributed by atoms with Gasteiger partial charge in [-0.2, -0.15) is 15.6 Å². The third kappa shape index (κ3) is 4.33. The second-order valence-corrected chi connectivity index (χ2v) is 9.24. The Kier molecular flexibility index (Phi) is 6.23. The number of piperidine rings is 1. The van der Waals surface area contributed by atoms with Gasteiger partial charge < -0.3 is 4.90 Å². The summed E-state index contributed by atoms with van der Waals surface area (Å²) in [5.74, 6) is 0.570. The van der Waals surface area contributed by atoms with E-state index in [1.807, 2.05) is 0 Å². The predicted octanol–water partition coefficient (Wildman–Crippen LogP) is 2.92. The number of nitrogens with one attached hydrogen (secondary N) is 1. The summed E-state index contributed by atoms with van der Waals surface area (Å²) in [6.45, 7) is 7.22. The lowest BCUT2D eigenvalue weighted by Gasteiger charge is -2.33. The molecule has 1 aliphatic rings. The van der Waals surface area contributed by atoms with Crippen molar-refractivity contribution in [1.82, 2.24) is 0 Å². The van der Waals surface area contributed by atoms with Crippen LogP contribution in [0, 0.1) is 28.6 Å². The molecule has 0 aromatic heterocycles. The van der Waals surface area contributed by atoms with Crippen molar-refractivity contribution in [2.45, 2.75) is 43.8 Å². The summed E-state index contributed by atoms with van der Waals surface area (Å²) in [6.07, 6.45) is 2.26. The molecular weight excluding hydrogens is 350 g/mol. The fourth-order valence-electron chi connectivity index (χ4n) is 2.92. The Hall–Kier alpha value is -2.58. The molecule has 1 atom stereocenters. The van der Waals surface area contributed by atoms with Gasteiger partial charge in [-0.25, -0.2) is 8.42 Å². The highest BCUT2D eigenvalue weighted by Crippen LogP contribution is 2.31. The van der Waals surface area contributed by atoms with Crippen LogP contribution in [0.3, 0.4) is 0 Å². The van der Waals surface area contributed by atoms with Crippen molar-refractivity contribution in [3.05, 3.63) is 18.2 Å². The maximum absolute atomic E-state index is 12.6. The summed E-state index contributed by atoms with van der Waals surface area (Å²) in [5, 5.41) is 20.8. The van der Waals surface area contributed by atoms with E-state index < -0.39 is 15.1 Å². The third-order valence-electron chi connectivity index (χ3n) is 4.41. The quantitative estimate of drug-likeness (QED) is 0.628. The summed E-state index contributed by atoms with van der Waals surface area (Å²) in [5.41, 5.74) is 3.41. The first-order valence-electron chi connectivity index (χ1n) is 8.56. The summed E-state index contributed by atoms with van der Waals surface area (Å²) in [6, 6.07) is 8.40. The van der Waals surface area contributed by atoms with E-state index in [0.29, 0.717) is 5.92 Å². The molecule has 1 heterocycles. The topological polar surface area (TPSA) is 109 Å². The summed E-state index contributed by atoms with van der Waals surface area (Å²) in [7, 11) is -3.54. The standard InChI is InChI=1S/C18H23N5O2S/c1-13(2)26(24,25)18-7-6-16(23-8-4-5-14(3)12-23)9-17(18)22-21-15(10-19)11-20/h6-7,9,13-14,22H,4-5,8,12H2,1-3H3. The minimum Gasteiger partial charge on any atom is -0.371 e. The van der Waals surface area contributed by atoms with Crippen molar-refractivity contribution in [3.63, 3.8) is 0 Å². The largest absolute Gasteiger partial charge is 0.371 e. The Labute approximate surface area is 154 Å². The lowest BCUT2D eigenvalue weighted by molar-refractivity contribution is 0.447. The van der Waals surface area contributed by atoms with Gasteiger partial charge in [0.2, 0.25) is 5.71 Å². The molecule has 1 aromatic carbocycles. The van der Waals surface area contributed by atoms with E-state index in [-0.39, 0.29) is 16.3 Å². The fourth-order valence-corrected chi connectivity index (χ4v) is 4.10. The molecule has 0 saturated carbocycles. The van der Waals surface area contributed by atoms with Gasteiger partial charge in [-0.3, -0.25) is 5.43 Å². The zero-order chi connectivity index (χ0) is 19.3. The van der Waals surface area contributed by atoms with Crippen LogP contribution in [-0.4, -0.2) is 32.5 Å². The smallest absolute Gasteiger partial charge is 0.237 e. The van der Waals surface area contributed by atoms with E-state index in [9.17, 15) is 8.42 Å². The van der Waals surface area contributed by atoms with E-state index in [2.05, 4.69) is 22.4 Å². The highest BCUT2D eigenvalue weighted by Gasteiger charge is 2.25. The molecule has 1 aliphatic heterocycles. The van der Waals surface area contributed by atoms with Crippen LogP contribution in [0.25, 0.3) is 0 Å². The van der Waals surface area contributed by atoms with E-state index >= 15 is 0 Å². The van der Waals surface area contributed by atoms with Gasteiger partial charge in [-0.05, 0) is 50.8 Å². The summed E-state index contributed by atoms with van der Waals surface area (Å²) >= 11 is 0. The first-order chi connectivity index (χ1) is 12.3. The Morgan fingerprint density at radius 1 is 1.35 bits per heavy atom. The van der Waals surface area contributed by atoms with Gasteiger partial charge in [0.1, 0.15) is 12.1 Å². The second kappa shape index (κ2) is 8.20. The molecule has 0 aliphatic carbocycles. The van der Waals surface area contributed by atoms with E-state index in [1.54, 1.807) is 44.2 Å². The van der Waals surface area contributed by atoms with Crippen molar-refractivity contribution >= 4 is 26.9 Å².